The Morgan fingerprint density at radius 1 is 1.32 bits per heavy atom. The van der Waals surface area contributed by atoms with Crippen LogP contribution in [0.4, 0.5) is 24.8 Å². The Morgan fingerprint density at radius 2 is 2.05 bits per heavy atom. The minimum absolute atomic E-state index is 0.215. The van der Waals surface area contributed by atoms with Crippen molar-refractivity contribution >= 4 is 40.2 Å². The topological polar surface area (TPSA) is 64.1 Å². The average Bonchev–Trinajstić information content (AvgIpc) is 2.45. The maximum absolute atomic E-state index is 12.6. The van der Waals surface area contributed by atoms with Crippen molar-refractivity contribution in [2.75, 3.05) is 12.4 Å². The van der Waals surface area contributed by atoms with E-state index in [0.717, 1.165) is 12.3 Å². The highest BCUT2D eigenvalue weighted by Crippen LogP contribution is 2.28. The van der Waals surface area contributed by atoms with Gasteiger partial charge in [-0.15, -0.1) is 0 Å². The molecule has 1 aromatic heterocycles. The second-order valence-electron chi connectivity index (χ2n) is 4.11. The van der Waals surface area contributed by atoms with Gasteiger partial charge in [-0.2, -0.15) is 13.2 Å². The van der Waals surface area contributed by atoms with Crippen molar-refractivity contribution in [3.8, 4) is 0 Å². The maximum atomic E-state index is 12.6. The van der Waals surface area contributed by atoms with Crippen LogP contribution in [0, 0.1) is 3.57 Å². The van der Waals surface area contributed by atoms with E-state index in [0.29, 0.717) is 9.26 Å². The molecule has 0 aliphatic heterocycles. The molecule has 1 N–H and O–H groups in total. The smallest absolute Gasteiger partial charge is 0.433 e. The third-order valence-corrected chi connectivity index (χ3v) is 3.14. The van der Waals surface area contributed by atoms with E-state index in [9.17, 15) is 18.0 Å². The zero-order valence-corrected chi connectivity index (χ0v) is 13.3. The van der Waals surface area contributed by atoms with E-state index in [2.05, 4.69) is 20.0 Å². The number of methoxy groups -OCH3 is 1. The van der Waals surface area contributed by atoms with Gasteiger partial charge in [0.25, 0.3) is 0 Å². The van der Waals surface area contributed by atoms with Gasteiger partial charge in [0, 0.05) is 15.5 Å². The number of nitrogens with zero attached hydrogens (tertiary/aromatic N) is 2. The molecule has 0 spiro atoms. The number of aromatic nitrogens is 2. The number of alkyl halides is 3. The number of carbonyl (C=O) groups is 1. The monoisotopic (exact) mass is 423 g/mol. The highest BCUT2D eigenvalue weighted by Gasteiger charge is 2.32. The van der Waals surface area contributed by atoms with Gasteiger partial charge >= 0.3 is 12.1 Å². The van der Waals surface area contributed by atoms with Crippen LogP contribution in [0.3, 0.4) is 0 Å². The molecule has 1 aromatic carbocycles. The van der Waals surface area contributed by atoms with Crippen LogP contribution in [0.5, 0.6) is 0 Å². The van der Waals surface area contributed by atoms with E-state index < -0.39 is 17.8 Å². The number of nitrogens with one attached hydrogen (secondary N) is 1. The molecule has 0 unspecified atom stereocenters. The van der Waals surface area contributed by atoms with Gasteiger partial charge in [-0.05, 0) is 46.9 Å². The van der Waals surface area contributed by atoms with Crippen LogP contribution in [-0.4, -0.2) is 23.0 Å². The summed E-state index contributed by atoms with van der Waals surface area (Å²) in [6.45, 7) is 0. The van der Waals surface area contributed by atoms with E-state index in [1.165, 1.54) is 13.2 Å². The molecule has 0 bridgehead atoms. The van der Waals surface area contributed by atoms with Crippen molar-refractivity contribution in [2.24, 2.45) is 0 Å². The minimum Gasteiger partial charge on any atom is -0.465 e. The summed E-state index contributed by atoms with van der Waals surface area (Å²) in [6.07, 6.45) is -3.55. The molecule has 9 heteroatoms. The lowest BCUT2D eigenvalue weighted by Crippen LogP contribution is -2.10. The Balaban J connectivity index is 2.31. The Kier molecular flexibility index (Phi) is 4.84. The van der Waals surface area contributed by atoms with Gasteiger partial charge in [0.05, 0.1) is 12.7 Å². The zero-order chi connectivity index (χ0) is 16.3. The van der Waals surface area contributed by atoms with Crippen molar-refractivity contribution in [1.82, 2.24) is 9.97 Å². The lowest BCUT2D eigenvalue weighted by molar-refractivity contribution is -0.141. The number of rotatable bonds is 3. The molecule has 0 radical (unpaired) electrons. The normalized spacial score (nSPS) is 11.1. The van der Waals surface area contributed by atoms with E-state index in [-0.39, 0.29) is 11.5 Å². The minimum atomic E-state index is -4.55. The van der Waals surface area contributed by atoms with E-state index in [1.807, 2.05) is 22.6 Å². The lowest BCUT2D eigenvalue weighted by Gasteiger charge is -2.10. The first-order valence-corrected chi connectivity index (χ1v) is 6.93. The molecular formula is C13H9F3IN3O2. The summed E-state index contributed by atoms with van der Waals surface area (Å²) in [5.41, 5.74) is -0.403. The van der Waals surface area contributed by atoms with Crippen LogP contribution in [0.15, 0.2) is 30.5 Å². The molecule has 0 atom stereocenters. The van der Waals surface area contributed by atoms with Crippen LogP contribution < -0.4 is 5.32 Å². The van der Waals surface area contributed by atoms with E-state index in [1.54, 1.807) is 12.1 Å². The molecule has 2 aromatic rings. The molecule has 22 heavy (non-hydrogen) atoms. The van der Waals surface area contributed by atoms with Crippen molar-refractivity contribution in [2.45, 2.75) is 6.18 Å². The van der Waals surface area contributed by atoms with Gasteiger partial charge in [-0.25, -0.2) is 14.8 Å². The molecule has 116 valence electrons. The number of esters is 1. The first-order valence-electron chi connectivity index (χ1n) is 5.86. The summed E-state index contributed by atoms with van der Waals surface area (Å²) in [7, 11) is 1.24. The molecule has 0 fully saturated rings. The van der Waals surface area contributed by atoms with Crippen LogP contribution in [0.2, 0.25) is 0 Å². The average molecular weight is 423 g/mol. The number of benzene rings is 1. The molecule has 0 saturated heterocycles. The highest BCUT2D eigenvalue weighted by molar-refractivity contribution is 14.1. The van der Waals surface area contributed by atoms with Crippen molar-refractivity contribution in [1.29, 1.82) is 0 Å². The summed E-state index contributed by atoms with van der Waals surface area (Å²) in [5.74, 6) is -0.765. The van der Waals surface area contributed by atoms with Crippen LogP contribution >= 0.6 is 22.6 Å². The molecule has 0 amide bonds. The highest BCUT2D eigenvalue weighted by atomic mass is 127. The van der Waals surface area contributed by atoms with Gasteiger partial charge in [0.1, 0.15) is 5.69 Å². The van der Waals surface area contributed by atoms with Crippen LogP contribution in [-0.2, 0) is 10.9 Å². The summed E-state index contributed by atoms with van der Waals surface area (Å²) >= 11 is 1.97. The van der Waals surface area contributed by atoms with Gasteiger partial charge in [0.15, 0.2) is 0 Å². The molecular weight excluding hydrogens is 414 g/mol. The van der Waals surface area contributed by atoms with Gasteiger partial charge < -0.3 is 10.1 Å². The molecule has 5 nitrogen and oxygen atoms in total. The quantitative estimate of drug-likeness (QED) is 0.604. The number of anilines is 2. The predicted molar refractivity (Wildman–Crippen MR) is 80.8 cm³/mol. The van der Waals surface area contributed by atoms with Gasteiger partial charge in [-0.1, -0.05) is 0 Å². The lowest BCUT2D eigenvalue weighted by atomic mass is 10.2. The fourth-order valence-electron chi connectivity index (χ4n) is 1.60. The second kappa shape index (κ2) is 6.46. The summed E-state index contributed by atoms with van der Waals surface area (Å²) in [4.78, 5) is 18.7. The third kappa shape index (κ3) is 4.06. The molecule has 2 rings (SSSR count). The van der Waals surface area contributed by atoms with Crippen molar-refractivity contribution in [3.05, 3.63) is 45.3 Å². The standard InChI is InChI=1S/C13H9F3IN3O2/c1-22-11(21)7-4-8(17)6-9(5-7)19-12-18-3-2-10(20-12)13(14,15)16/h2-6H,1H3,(H,18,19,20). The fourth-order valence-corrected chi connectivity index (χ4v) is 2.27. The zero-order valence-electron chi connectivity index (χ0n) is 11.1. The largest absolute Gasteiger partial charge is 0.465 e. The number of ether oxygens (including phenoxy) is 1. The molecule has 0 saturated carbocycles. The first-order chi connectivity index (χ1) is 10.3. The van der Waals surface area contributed by atoms with Gasteiger partial charge in [-0.3, -0.25) is 0 Å². The fraction of sp³-hybridized carbons (Fsp3) is 0.154. The van der Waals surface area contributed by atoms with E-state index >= 15 is 0 Å². The number of hydrogen-bond acceptors (Lipinski definition) is 5. The van der Waals surface area contributed by atoms with Crippen LogP contribution in [0.1, 0.15) is 16.1 Å². The summed E-state index contributed by atoms with van der Waals surface area (Å²) in [5, 5.41) is 2.64. The Hall–Kier alpha value is -1.91. The maximum Gasteiger partial charge on any atom is 0.433 e. The van der Waals surface area contributed by atoms with E-state index in [4.69, 9.17) is 0 Å². The van der Waals surface area contributed by atoms with Crippen molar-refractivity contribution < 1.29 is 22.7 Å². The molecule has 0 aliphatic rings. The first kappa shape index (κ1) is 16.5. The number of halogens is 4. The Labute approximate surface area is 137 Å². The summed E-state index contributed by atoms with van der Waals surface area (Å²) < 4.78 is 43.1. The number of hydrogen-bond donors (Lipinski definition) is 1. The number of carbonyl (C=O) groups excluding carboxylic acids is 1. The predicted octanol–water partition coefficient (Wildman–Crippen LogP) is 3.63. The summed E-state index contributed by atoms with van der Waals surface area (Å²) in [6, 6.07) is 5.44. The van der Waals surface area contributed by atoms with Crippen molar-refractivity contribution in [3.63, 3.8) is 0 Å². The molecule has 1 heterocycles. The van der Waals surface area contributed by atoms with Gasteiger partial charge in [0.2, 0.25) is 5.95 Å². The third-order valence-electron chi connectivity index (χ3n) is 2.52. The molecule has 0 aliphatic carbocycles. The SMILES string of the molecule is COC(=O)c1cc(I)cc(Nc2nccc(C(F)(F)F)n2)c1. The Bertz CT molecular complexity index is 707. The Morgan fingerprint density at radius 3 is 2.68 bits per heavy atom. The second-order valence-corrected chi connectivity index (χ2v) is 5.35. The van der Waals surface area contributed by atoms with Crippen LogP contribution in [0.25, 0.3) is 0 Å².